The van der Waals surface area contributed by atoms with E-state index in [1.54, 1.807) is 6.92 Å². The average molecular weight is 249 g/mol. The molecule has 0 radical (unpaired) electrons. The number of nitrogen functional groups attached to an aromatic ring is 1. The average Bonchev–Trinajstić information content (AvgIpc) is 2.39. The van der Waals surface area contributed by atoms with Crippen LogP contribution in [0.2, 0.25) is 0 Å². The third-order valence-corrected chi connectivity index (χ3v) is 4.30. The maximum Gasteiger partial charge on any atom is 0.350 e. The Labute approximate surface area is 91.8 Å². The molecule has 0 bridgehead atoms. The number of rotatable bonds is 2. The molecule has 1 rings (SSSR count). The highest BCUT2D eigenvalue weighted by molar-refractivity contribution is 7.91. The molecule has 15 heavy (non-hydrogen) atoms. The van der Waals surface area contributed by atoms with Gasteiger partial charge in [0.05, 0.1) is 12.8 Å². The Bertz CT molecular complexity index is 501. The van der Waals surface area contributed by atoms with Crippen LogP contribution in [-0.2, 0) is 14.6 Å². The Kier molecular flexibility index (Phi) is 3.05. The molecule has 1 aromatic heterocycles. The number of esters is 1. The molecule has 0 saturated carbocycles. The van der Waals surface area contributed by atoms with E-state index in [1.807, 2.05) is 0 Å². The summed E-state index contributed by atoms with van der Waals surface area (Å²) in [4.78, 5) is 11.9. The predicted molar refractivity (Wildman–Crippen MR) is 57.9 cm³/mol. The number of sulfone groups is 1. The van der Waals surface area contributed by atoms with Gasteiger partial charge in [0.25, 0.3) is 0 Å². The predicted octanol–water partition coefficient (Wildman–Crippen LogP) is 0.829. The SMILES string of the molecule is COC(=O)c1sc(C)c(S(C)(=O)=O)c1N. The molecule has 7 heteroatoms. The number of anilines is 1. The van der Waals surface area contributed by atoms with Gasteiger partial charge < -0.3 is 10.5 Å². The molecule has 0 aromatic carbocycles. The Balaban J connectivity index is 3.47. The zero-order chi connectivity index (χ0) is 11.8. The lowest BCUT2D eigenvalue weighted by Crippen LogP contribution is -2.05. The summed E-state index contributed by atoms with van der Waals surface area (Å²) in [7, 11) is -2.19. The first-order valence-electron chi connectivity index (χ1n) is 3.96. The smallest absolute Gasteiger partial charge is 0.350 e. The fraction of sp³-hybridized carbons (Fsp3) is 0.375. The van der Waals surface area contributed by atoms with Gasteiger partial charge >= 0.3 is 5.97 Å². The highest BCUT2D eigenvalue weighted by atomic mass is 32.2. The van der Waals surface area contributed by atoms with Crippen LogP contribution in [-0.4, -0.2) is 27.8 Å². The van der Waals surface area contributed by atoms with E-state index < -0.39 is 15.8 Å². The first-order valence-corrected chi connectivity index (χ1v) is 6.67. The van der Waals surface area contributed by atoms with Crippen molar-refractivity contribution in [3.8, 4) is 0 Å². The minimum Gasteiger partial charge on any atom is -0.465 e. The number of carbonyl (C=O) groups excluding carboxylic acids is 1. The van der Waals surface area contributed by atoms with Gasteiger partial charge in [-0.1, -0.05) is 0 Å². The third-order valence-electron chi connectivity index (χ3n) is 1.81. The van der Waals surface area contributed by atoms with Crippen molar-refractivity contribution >= 4 is 32.8 Å². The minimum atomic E-state index is -3.41. The Hall–Kier alpha value is -1.08. The van der Waals surface area contributed by atoms with Crippen LogP contribution in [0.5, 0.6) is 0 Å². The van der Waals surface area contributed by atoms with Crippen molar-refractivity contribution in [1.29, 1.82) is 0 Å². The van der Waals surface area contributed by atoms with Gasteiger partial charge in [0, 0.05) is 11.1 Å². The molecule has 84 valence electrons. The van der Waals surface area contributed by atoms with Crippen LogP contribution >= 0.6 is 11.3 Å². The zero-order valence-corrected chi connectivity index (χ0v) is 10.2. The van der Waals surface area contributed by atoms with Crippen molar-refractivity contribution in [2.24, 2.45) is 0 Å². The van der Waals surface area contributed by atoms with Gasteiger partial charge in [0.2, 0.25) is 0 Å². The third kappa shape index (κ3) is 2.13. The fourth-order valence-electron chi connectivity index (χ4n) is 1.25. The van der Waals surface area contributed by atoms with E-state index in [0.29, 0.717) is 4.88 Å². The summed E-state index contributed by atoms with van der Waals surface area (Å²) in [5.41, 5.74) is 5.58. The van der Waals surface area contributed by atoms with E-state index in [-0.39, 0.29) is 15.5 Å². The largest absolute Gasteiger partial charge is 0.465 e. The normalized spacial score (nSPS) is 11.4. The molecule has 5 nitrogen and oxygen atoms in total. The molecule has 0 atom stereocenters. The molecule has 0 saturated heterocycles. The molecule has 0 aliphatic heterocycles. The Morgan fingerprint density at radius 2 is 2.00 bits per heavy atom. The standard InChI is InChI=1S/C8H11NO4S2/c1-4-7(15(3,11)12)5(9)6(14-4)8(10)13-2/h9H2,1-3H3. The van der Waals surface area contributed by atoms with E-state index >= 15 is 0 Å². The summed E-state index contributed by atoms with van der Waals surface area (Å²) in [6, 6.07) is 0. The van der Waals surface area contributed by atoms with Crippen LogP contribution in [0.25, 0.3) is 0 Å². The topological polar surface area (TPSA) is 86.5 Å². The molecule has 2 N–H and O–H groups in total. The minimum absolute atomic E-state index is 0.0212. The van der Waals surface area contributed by atoms with Gasteiger partial charge in [-0.15, -0.1) is 11.3 Å². The lowest BCUT2D eigenvalue weighted by atomic mass is 10.3. The summed E-state index contributed by atoms with van der Waals surface area (Å²) in [6.07, 6.45) is 1.06. The summed E-state index contributed by atoms with van der Waals surface area (Å²) >= 11 is 1.02. The monoisotopic (exact) mass is 249 g/mol. The quantitative estimate of drug-likeness (QED) is 0.784. The zero-order valence-electron chi connectivity index (χ0n) is 8.53. The van der Waals surface area contributed by atoms with Crippen LogP contribution in [0, 0.1) is 6.92 Å². The number of methoxy groups -OCH3 is 1. The molecule has 0 aliphatic rings. The number of ether oxygens (including phenoxy) is 1. The van der Waals surface area contributed by atoms with Crippen LogP contribution in [0.1, 0.15) is 14.5 Å². The van der Waals surface area contributed by atoms with Crippen LogP contribution in [0.3, 0.4) is 0 Å². The van der Waals surface area contributed by atoms with E-state index in [2.05, 4.69) is 4.74 Å². The van der Waals surface area contributed by atoms with Gasteiger partial charge in [0.1, 0.15) is 9.77 Å². The first kappa shape index (κ1) is 12.0. The summed E-state index contributed by atoms with van der Waals surface area (Å²) < 4.78 is 27.2. The van der Waals surface area contributed by atoms with Gasteiger partial charge in [-0.05, 0) is 6.92 Å². The lowest BCUT2D eigenvalue weighted by Gasteiger charge is -1.99. The number of hydrogen-bond donors (Lipinski definition) is 1. The van der Waals surface area contributed by atoms with Crippen LogP contribution < -0.4 is 5.73 Å². The van der Waals surface area contributed by atoms with E-state index in [9.17, 15) is 13.2 Å². The number of thiophene rings is 1. The van der Waals surface area contributed by atoms with Crippen molar-refractivity contribution in [3.05, 3.63) is 9.75 Å². The highest BCUT2D eigenvalue weighted by Gasteiger charge is 2.25. The maximum atomic E-state index is 11.4. The van der Waals surface area contributed by atoms with Gasteiger partial charge in [-0.2, -0.15) is 0 Å². The van der Waals surface area contributed by atoms with Gasteiger partial charge in [0.15, 0.2) is 9.84 Å². The van der Waals surface area contributed by atoms with Crippen LogP contribution in [0.15, 0.2) is 4.90 Å². The second kappa shape index (κ2) is 3.82. The van der Waals surface area contributed by atoms with Gasteiger partial charge in [-0.25, -0.2) is 13.2 Å². The molecule has 0 unspecified atom stereocenters. The second-order valence-corrected chi connectivity index (χ2v) is 6.17. The van der Waals surface area contributed by atoms with Crippen molar-refractivity contribution in [2.75, 3.05) is 19.1 Å². The molecular weight excluding hydrogens is 238 g/mol. The number of hydrogen-bond acceptors (Lipinski definition) is 6. The lowest BCUT2D eigenvalue weighted by molar-refractivity contribution is 0.0607. The maximum absolute atomic E-state index is 11.4. The molecule has 0 fully saturated rings. The van der Waals surface area contributed by atoms with Crippen molar-refractivity contribution in [1.82, 2.24) is 0 Å². The summed E-state index contributed by atoms with van der Waals surface area (Å²) in [5.74, 6) is -0.615. The number of aryl methyl sites for hydroxylation is 1. The molecule has 0 amide bonds. The van der Waals surface area contributed by atoms with Crippen molar-refractivity contribution < 1.29 is 17.9 Å². The number of nitrogens with two attached hydrogens (primary N) is 1. The molecular formula is C8H11NO4S2. The first-order chi connectivity index (χ1) is 6.79. The van der Waals surface area contributed by atoms with Crippen molar-refractivity contribution in [2.45, 2.75) is 11.8 Å². The molecule has 1 heterocycles. The van der Waals surface area contributed by atoms with E-state index in [4.69, 9.17) is 5.73 Å². The fourth-order valence-corrected chi connectivity index (χ4v) is 3.81. The van der Waals surface area contributed by atoms with Crippen molar-refractivity contribution in [3.63, 3.8) is 0 Å². The Morgan fingerprint density at radius 3 is 2.33 bits per heavy atom. The van der Waals surface area contributed by atoms with Crippen LogP contribution in [0.4, 0.5) is 5.69 Å². The molecule has 0 aliphatic carbocycles. The highest BCUT2D eigenvalue weighted by Crippen LogP contribution is 2.34. The van der Waals surface area contributed by atoms with Gasteiger partial charge in [-0.3, -0.25) is 0 Å². The number of carbonyl (C=O) groups is 1. The Morgan fingerprint density at radius 1 is 1.47 bits per heavy atom. The molecule has 0 spiro atoms. The molecule has 1 aromatic rings. The van der Waals surface area contributed by atoms with E-state index in [1.165, 1.54) is 7.11 Å². The second-order valence-electron chi connectivity index (χ2n) is 2.99. The summed E-state index contributed by atoms with van der Waals surface area (Å²) in [5, 5.41) is 0. The summed E-state index contributed by atoms with van der Waals surface area (Å²) in [6.45, 7) is 1.60. The van der Waals surface area contributed by atoms with E-state index in [0.717, 1.165) is 17.6 Å².